The smallest absolute Gasteiger partial charge is 0.441 e. The van der Waals surface area contributed by atoms with Crippen LogP contribution < -0.4 is 0 Å². The van der Waals surface area contributed by atoms with Crippen LogP contribution in [0.15, 0.2) is 0 Å². The third kappa shape index (κ3) is 10.1. The van der Waals surface area contributed by atoms with Crippen LogP contribution in [-0.4, -0.2) is 60.6 Å². The number of ether oxygens (including phenoxy) is 1. The molecule has 0 aliphatic rings. The van der Waals surface area contributed by atoms with Gasteiger partial charge in [0.05, 0.1) is 13.2 Å². The topological polar surface area (TPSA) is 49.8 Å². The van der Waals surface area contributed by atoms with E-state index in [0.29, 0.717) is 13.2 Å². The molecule has 0 spiro atoms. The molecule has 4 nitrogen and oxygen atoms in total. The zero-order chi connectivity index (χ0) is 12.6. The van der Waals surface area contributed by atoms with Gasteiger partial charge in [0.1, 0.15) is 0 Å². The first kappa shape index (κ1) is 15.5. The summed E-state index contributed by atoms with van der Waals surface area (Å²) in [4.78, 5) is 11.8. The monoisotopic (exact) mass is 261 g/mol. The van der Waals surface area contributed by atoms with Gasteiger partial charge in [-0.25, -0.2) is 0 Å². The molecule has 0 saturated carbocycles. The van der Waals surface area contributed by atoms with Gasteiger partial charge < -0.3 is 9.84 Å². The van der Waals surface area contributed by atoms with Crippen LogP contribution in [0.3, 0.4) is 0 Å². The maximum Gasteiger partial charge on any atom is 0.441 e. The SMILES string of the molecule is COCCN(CCSC(F)(F)F)CC(=O)O. The van der Waals surface area contributed by atoms with Crippen molar-refractivity contribution in [3.8, 4) is 0 Å². The van der Waals surface area contributed by atoms with Crippen molar-refractivity contribution in [2.24, 2.45) is 0 Å². The molecule has 0 radical (unpaired) electrons. The largest absolute Gasteiger partial charge is 0.480 e. The normalized spacial score (nSPS) is 12.1. The van der Waals surface area contributed by atoms with E-state index in [4.69, 9.17) is 9.84 Å². The standard InChI is InChI=1S/C8H14F3NO3S/c1-15-4-2-12(6-7(13)14)3-5-16-8(9,10)11/h2-6H2,1H3,(H,13,14). The van der Waals surface area contributed by atoms with E-state index in [1.165, 1.54) is 12.0 Å². The number of carboxylic acid groups (broad SMARTS) is 1. The van der Waals surface area contributed by atoms with Crippen LogP contribution in [0.25, 0.3) is 0 Å². The van der Waals surface area contributed by atoms with Gasteiger partial charge in [-0.3, -0.25) is 9.69 Å². The summed E-state index contributed by atoms with van der Waals surface area (Å²) in [5.41, 5.74) is -4.27. The van der Waals surface area contributed by atoms with Gasteiger partial charge in [-0.15, -0.1) is 0 Å². The number of aliphatic carboxylic acids is 1. The van der Waals surface area contributed by atoms with Gasteiger partial charge >= 0.3 is 11.5 Å². The lowest BCUT2D eigenvalue weighted by Gasteiger charge is -2.19. The Kier molecular flexibility index (Phi) is 7.52. The first-order valence-electron chi connectivity index (χ1n) is 4.49. The first-order chi connectivity index (χ1) is 7.35. The highest BCUT2D eigenvalue weighted by Gasteiger charge is 2.27. The van der Waals surface area contributed by atoms with E-state index in [-0.39, 0.29) is 30.6 Å². The van der Waals surface area contributed by atoms with Crippen LogP contribution in [0.1, 0.15) is 0 Å². The number of rotatable bonds is 8. The summed E-state index contributed by atoms with van der Waals surface area (Å²) in [5, 5.41) is 8.53. The van der Waals surface area contributed by atoms with Crippen LogP contribution in [0.2, 0.25) is 0 Å². The van der Waals surface area contributed by atoms with Crippen molar-refractivity contribution in [2.75, 3.05) is 39.1 Å². The predicted molar refractivity (Wildman–Crippen MR) is 54.5 cm³/mol. The molecule has 0 amide bonds. The van der Waals surface area contributed by atoms with Crippen LogP contribution in [0.5, 0.6) is 0 Å². The van der Waals surface area contributed by atoms with Crippen molar-refractivity contribution >= 4 is 17.7 Å². The highest BCUT2D eigenvalue weighted by atomic mass is 32.2. The minimum absolute atomic E-state index is 0.0693. The van der Waals surface area contributed by atoms with Crippen LogP contribution in [0.4, 0.5) is 13.2 Å². The Morgan fingerprint density at radius 2 is 2.06 bits per heavy atom. The fraction of sp³-hybridized carbons (Fsp3) is 0.875. The average molecular weight is 261 g/mol. The fourth-order valence-electron chi connectivity index (χ4n) is 0.972. The number of halogens is 3. The maximum atomic E-state index is 11.8. The molecule has 0 atom stereocenters. The van der Waals surface area contributed by atoms with Gasteiger partial charge in [0.25, 0.3) is 0 Å². The number of thioether (sulfide) groups is 1. The maximum absolute atomic E-state index is 11.8. The van der Waals surface area contributed by atoms with Gasteiger partial charge in [-0.05, 0) is 11.8 Å². The highest BCUT2D eigenvalue weighted by molar-refractivity contribution is 8.00. The number of hydrogen-bond donors (Lipinski definition) is 1. The fourth-order valence-corrected chi connectivity index (χ4v) is 1.55. The second-order valence-electron chi connectivity index (χ2n) is 2.96. The van der Waals surface area contributed by atoms with E-state index in [1.807, 2.05) is 0 Å². The molecule has 0 bridgehead atoms. The molecule has 0 saturated heterocycles. The van der Waals surface area contributed by atoms with E-state index in [1.54, 1.807) is 0 Å². The molecular formula is C8H14F3NO3S. The van der Waals surface area contributed by atoms with E-state index < -0.39 is 11.5 Å². The molecule has 0 rings (SSSR count). The Labute approximate surface area is 95.7 Å². The third-order valence-electron chi connectivity index (χ3n) is 1.64. The first-order valence-corrected chi connectivity index (χ1v) is 5.47. The molecule has 96 valence electrons. The molecule has 0 aromatic rings. The van der Waals surface area contributed by atoms with Crippen LogP contribution in [-0.2, 0) is 9.53 Å². The molecule has 0 fully saturated rings. The Hall–Kier alpha value is -0.470. The summed E-state index contributed by atoms with van der Waals surface area (Å²) in [7, 11) is 1.45. The summed E-state index contributed by atoms with van der Waals surface area (Å²) in [5.74, 6) is -1.24. The van der Waals surface area contributed by atoms with Crippen molar-refractivity contribution in [3.63, 3.8) is 0 Å². The molecule has 16 heavy (non-hydrogen) atoms. The quantitative estimate of drug-likeness (QED) is 0.713. The Balaban J connectivity index is 3.86. The summed E-state index contributed by atoms with van der Waals surface area (Å²) >= 11 is -0.153. The minimum atomic E-state index is -4.27. The second kappa shape index (κ2) is 7.75. The van der Waals surface area contributed by atoms with Gasteiger partial charge in [-0.2, -0.15) is 13.2 Å². The van der Waals surface area contributed by atoms with Crippen molar-refractivity contribution in [2.45, 2.75) is 5.51 Å². The number of methoxy groups -OCH3 is 1. The van der Waals surface area contributed by atoms with Gasteiger partial charge in [0.15, 0.2) is 0 Å². The number of hydrogen-bond acceptors (Lipinski definition) is 4. The van der Waals surface area contributed by atoms with Crippen molar-refractivity contribution in [3.05, 3.63) is 0 Å². The van der Waals surface area contributed by atoms with E-state index in [0.717, 1.165) is 0 Å². The summed E-state index contributed by atoms with van der Waals surface area (Å²) in [6.45, 7) is 0.396. The van der Waals surface area contributed by atoms with Crippen LogP contribution in [0, 0.1) is 0 Å². The molecule has 0 aliphatic carbocycles. The molecule has 8 heteroatoms. The lowest BCUT2D eigenvalue weighted by molar-refractivity contribution is -0.138. The van der Waals surface area contributed by atoms with Gasteiger partial charge in [0, 0.05) is 26.0 Å². The summed E-state index contributed by atoms with van der Waals surface area (Å²) < 4.78 is 40.2. The molecular weight excluding hydrogens is 247 g/mol. The lowest BCUT2D eigenvalue weighted by atomic mass is 10.4. The average Bonchev–Trinajstić information content (AvgIpc) is 2.11. The van der Waals surface area contributed by atoms with Gasteiger partial charge in [0.2, 0.25) is 0 Å². The molecule has 0 aliphatic heterocycles. The van der Waals surface area contributed by atoms with Crippen molar-refractivity contribution in [1.29, 1.82) is 0 Å². The minimum Gasteiger partial charge on any atom is -0.480 e. The molecule has 0 aromatic carbocycles. The van der Waals surface area contributed by atoms with E-state index in [2.05, 4.69) is 0 Å². The second-order valence-corrected chi connectivity index (χ2v) is 4.12. The summed E-state index contributed by atoms with van der Waals surface area (Å²) in [6.07, 6.45) is 0. The number of carboxylic acids is 1. The van der Waals surface area contributed by atoms with Crippen LogP contribution >= 0.6 is 11.8 Å². The number of carbonyl (C=O) groups is 1. The van der Waals surface area contributed by atoms with E-state index in [9.17, 15) is 18.0 Å². The zero-order valence-corrected chi connectivity index (χ0v) is 9.61. The predicted octanol–water partition coefficient (Wildman–Crippen LogP) is 1.27. The van der Waals surface area contributed by atoms with Crippen molar-refractivity contribution in [1.82, 2.24) is 4.90 Å². The highest BCUT2D eigenvalue weighted by Crippen LogP contribution is 2.29. The van der Waals surface area contributed by atoms with Gasteiger partial charge in [-0.1, -0.05) is 0 Å². The molecule has 0 aromatic heterocycles. The molecule has 0 heterocycles. The Morgan fingerprint density at radius 3 is 2.50 bits per heavy atom. The zero-order valence-electron chi connectivity index (χ0n) is 8.79. The van der Waals surface area contributed by atoms with Crippen molar-refractivity contribution < 1.29 is 27.8 Å². The molecule has 1 N–H and O–H groups in total. The Morgan fingerprint density at radius 1 is 1.44 bits per heavy atom. The Bertz CT molecular complexity index is 213. The number of nitrogens with zero attached hydrogens (tertiary/aromatic N) is 1. The van der Waals surface area contributed by atoms with E-state index >= 15 is 0 Å². The third-order valence-corrected chi connectivity index (χ3v) is 2.36. The lowest BCUT2D eigenvalue weighted by Crippen LogP contribution is -2.34. The number of alkyl halides is 3. The molecule has 0 unspecified atom stereocenters. The summed E-state index contributed by atoms with van der Waals surface area (Å²) in [6, 6.07) is 0.